The second kappa shape index (κ2) is 9.19. The van der Waals surface area contributed by atoms with E-state index < -0.39 is 0 Å². The molecule has 0 amide bonds. The van der Waals surface area contributed by atoms with Crippen LogP contribution in [-0.2, 0) is 0 Å². The second-order valence-corrected chi connectivity index (χ2v) is 3.86. The van der Waals surface area contributed by atoms with Crippen molar-refractivity contribution in [2.24, 2.45) is 0 Å². The van der Waals surface area contributed by atoms with Crippen molar-refractivity contribution in [2.45, 2.75) is 19.3 Å². The quantitative estimate of drug-likeness (QED) is 0.458. The Bertz CT molecular complexity index is 98.3. The van der Waals surface area contributed by atoms with Gasteiger partial charge in [0.15, 0.2) is 0 Å². The zero-order valence-electron chi connectivity index (χ0n) is 6.30. The van der Waals surface area contributed by atoms with E-state index in [1.54, 1.807) is 0 Å². The topological polar surface area (TPSA) is 23.8 Å². The number of thiocyanates is 1. The van der Waals surface area contributed by atoms with E-state index in [1.165, 1.54) is 36.8 Å². The van der Waals surface area contributed by atoms with Crippen molar-refractivity contribution in [1.29, 1.82) is 5.26 Å². The highest BCUT2D eigenvalue weighted by molar-refractivity contribution is 8.03. The van der Waals surface area contributed by atoms with Crippen LogP contribution in [0.25, 0.3) is 0 Å². The van der Waals surface area contributed by atoms with Gasteiger partial charge in [0.1, 0.15) is 5.40 Å². The zero-order chi connectivity index (χ0) is 7.66. The van der Waals surface area contributed by atoms with E-state index in [4.69, 9.17) is 5.26 Å². The van der Waals surface area contributed by atoms with Gasteiger partial charge in [-0.1, -0.05) is 6.42 Å². The summed E-state index contributed by atoms with van der Waals surface area (Å²) in [6.45, 7) is 0. The minimum absolute atomic E-state index is 1.00. The van der Waals surface area contributed by atoms with Gasteiger partial charge in [0.2, 0.25) is 0 Å². The molecule has 0 N–H and O–H groups in total. The average molecular weight is 175 g/mol. The lowest BCUT2D eigenvalue weighted by atomic mass is 10.3. The molecule has 0 aliphatic heterocycles. The molecule has 0 saturated carbocycles. The summed E-state index contributed by atoms with van der Waals surface area (Å²) >= 11 is 3.26. The third kappa shape index (κ3) is 8.19. The van der Waals surface area contributed by atoms with Gasteiger partial charge in [-0.25, -0.2) is 0 Å². The lowest BCUT2D eigenvalue weighted by Gasteiger charge is -1.94. The lowest BCUT2D eigenvalue weighted by molar-refractivity contribution is 0.787. The third-order valence-corrected chi connectivity index (χ3v) is 2.48. The highest BCUT2D eigenvalue weighted by Crippen LogP contribution is 2.06. The summed E-state index contributed by atoms with van der Waals surface area (Å²) < 4.78 is 0. The predicted molar refractivity (Wildman–Crippen MR) is 50.3 cm³/mol. The van der Waals surface area contributed by atoms with E-state index >= 15 is 0 Å². The van der Waals surface area contributed by atoms with E-state index in [0.29, 0.717) is 0 Å². The van der Waals surface area contributed by atoms with Crippen LogP contribution in [0.5, 0.6) is 0 Å². The fourth-order valence-corrected chi connectivity index (χ4v) is 1.58. The van der Waals surface area contributed by atoms with Crippen LogP contribution in [0.2, 0.25) is 0 Å². The molecule has 10 heavy (non-hydrogen) atoms. The number of thioether (sulfide) groups is 2. The number of unbranched alkanes of at least 4 members (excludes halogenated alkanes) is 2. The smallest absolute Gasteiger partial charge is 0.133 e. The fraction of sp³-hybridized carbons (Fsp3) is 0.857. The number of rotatable bonds is 6. The van der Waals surface area contributed by atoms with Gasteiger partial charge < -0.3 is 0 Å². The summed E-state index contributed by atoms with van der Waals surface area (Å²) in [6.07, 6.45) is 5.89. The standard InChI is InChI=1S/C7H13NS2/c1-9-5-3-2-4-6-10-7-8/h2-6H2,1H3. The summed E-state index contributed by atoms with van der Waals surface area (Å²) in [6, 6.07) is 0. The molecule has 0 fully saturated rings. The van der Waals surface area contributed by atoms with Gasteiger partial charge in [-0.2, -0.15) is 17.0 Å². The van der Waals surface area contributed by atoms with Gasteiger partial charge in [-0.05, 0) is 36.6 Å². The second-order valence-electron chi connectivity index (χ2n) is 1.99. The van der Waals surface area contributed by atoms with Gasteiger partial charge in [0, 0.05) is 5.75 Å². The van der Waals surface area contributed by atoms with Crippen molar-refractivity contribution in [3.63, 3.8) is 0 Å². The van der Waals surface area contributed by atoms with Crippen LogP contribution in [-0.4, -0.2) is 17.8 Å². The van der Waals surface area contributed by atoms with Crippen LogP contribution in [0.1, 0.15) is 19.3 Å². The van der Waals surface area contributed by atoms with Crippen molar-refractivity contribution in [1.82, 2.24) is 0 Å². The number of hydrogen-bond acceptors (Lipinski definition) is 3. The SMILES string of the molecule is CSCCCCCSC#N. The minimum Gasteiger partial charge on any atom is -0.185 e. The van der Waals surface area contributed by atoms with Crippen LogP contribution >= 0.6 is 23.5 Å². The molecule has 0 aliphatic rings. The van der Waals surface area contributed by atoms with Crippen molar-refractivity contribution in [3.8, 4) is 5.40 Å². The molecule has 0 radical (unpaired) electrons. The molecule has 0 aromatic heterocycles. The fourth-order valence-electron chi connectivity index (χ4n) is 0.643. The molecule has 0 aliphatic carbocycles. The van der Waals surface area contributed by atoms with Gasteiger partial charge in [0.05, 0.1) is 0 Å². The number of nitrogens with zero attached hydrogens (tertiary/aromatic N) is 1. The predicted octanol–water partition coefficient (Wildman–Crippen LogP) is 2.73. The molecule has 0 atom stereocenters. The Morgan fingerprint density at radius 2 is 1.90 bits per heavy atom. The Labute approximate surface area is 71.6 Å². The Kier molecular flexibility index (Phi) is 9.36. The van der Waals surface area contributed by atoms with Crippen LogP contribution < -0.4 is 0 Å². The van der Waals surface area contributed by atoms with Crippen molar-refractivity contribution in [3.05, 3.63) is 0 Å². The Morgan fingerprint density at radius 3 is 2.50 bits per heavy atom. The molecule has 1 nitrogen and oxygen atoms in total. The summed E-state index contributed by atoms with van der Waals surface area (Å²) in [4.78, 5) is 0. The van der Waals surface area contributed by atoms with E-state index in [9.17, 15) is 0 Å². The average Bonchev–Trinajstić information content (AvgIpc) is 1.97. The molecule has 0 rings (SSSR count). The maximum atomic E-state index is 8.18. The third-order valence-electron chi connectivity index (χ3n) is 1.16. The zero-order valence-corrected chi connectivity index (χ0v) is 7.93. The molecule has 0 bridgehead atoms. The van der Waals surface area contributed by atoms with E-state index in [-0.39, 0.29) is 0 Å². The van der Waals surface area contributed by atoms with Crippen LogP contribution in [0.15, 0.2) is 0 Å². The molecule has 0 aromatic carbocycles. The largest absolute Gasteiger partial charge is 0.185 e. The summed E-state index contributed by atoms with van der Waals surface area (Å²) in [7, 11) is 0. The maximum Gasteiger partial charge on any atom is 0.133 e. The molecule has 0 spiro atoms. The first-order valence-corrected chi connectivity index (χ1v) is 5.79. The molecule has 0 aromatic rings. The van der Waals surface area contributed by atoms with Crippen molar-refractivity contribution in [2.75, 3.05) is 17.8 Å². The highest BCUT2D eigenvalue weighted by Gasteiger charge is 1.88. The van der Waals surface area contributed by atoms with Crippen molar-refractivity contribution >= 4 is 23.5 Å². The Balaban J connectivity index is 2.72. The number of nitriles is 1. The maximum absolute atomic E-state index is 8.18. The molecular formula is C7H13NS2. The first-order chi connectivity index (χ1) is 4.91. The molecule has 58 valence electrons. The minimum atomic E-state index is 1.00. The van der Waals surface area contributed by atoms with Gasteiger partial charge in [0.25, 0.3) is 0 Å². The lowest BCUT2D eigenvalue weighted by Crippen LogP contribution is -1.81. The van der Waals surface area contributed by atoms with E-state index in [0.717, 1.165) is 5.75 Å². The molecule has 0 unspecified atom stereocenters. The monoisotopic (exact) mass is 175 g/mol. The Morgan fingerprint density at radius 1 is 1.20 bits per heavy atom. The molecular weight excluding hydrogens is 162 g/mol. The molecule has 3 heteroatoms. The first-order valence-electron chi connectivity index (χ1n) is 3.41. The van der Waals surface area contributed by atoms with Crippen LogP contribution in [0.3, 0.4) is 0 Å². The highest BCUT2D eigenvalue weighted by atomic mass is 32.2. The van der Waals surface area contributed by atoms with Crippen LogP contribution in [0.4, 0.5) is 0 Å². The van der Waals surface area contributed by atoms with Crippen LogP contribution in [0, 0.1) is 10.7 Å². The summed E-state index contributed by atoms with van der Waals surface area (Å²) in [5.41, 5.74) is 0. The normalized spacial score (nSPS) is 9.20. The van der Waals surface area contributed by atoms with E-state index in [1.807, 2.05) is 11.8 Å². The first kappa shape index (κ1) is 10.2. The van der Waals surface area contributed by atoms with Gasteiger partial charge >= 0.3 is 0 Å². The van der Waals surface area contributed by atoms with E-state index in [2.05, 4.69) is 11.7 Å². The molecule has 0 saturated heterocycles. The van der Waals surface area contributed by atoms with Gasteiger partial charge in [-0.15, -0.1) is 0 Å². The summed E-state index contributed by atoms with van der Waals surface area (Å²) in [5, 5.41) is 10.2. The number of hydrogen-bond donors (Lipinski definition) is 0. The Hall–Kier alpha value is 0.190. The van der Waals surface area contributed by atoms with Gasteiger partial charge in [-0.3, -0.25) is 0 Å². The van der Waals surface area contributed by atoms with Crippen molar-refractivity contribution < 1.29 is 0 Å². The molecule has 0 heterocycles. The summed E-state index contributed by atoms with van der Waals surface area (Å²) in [5.74, 6) is 2.27.